The van der Waals surface area contributed by atoms with Gasteiger partial charge < -0.3 is 5.11 Å². The van der Waals surface area contributed by atoms with Crippen molar-refractivity contribution in [1.82, 2.24) is 0 Å². The molecule has 1 atom stereocenters. The molecule has 0 saturated heterocycles. The van der Waals surface area contributed by atoms with Gasteiger partial charge in [0, 0.05) is 5.56 Å². The van der Waals surface area contributed by atoms with E-state index in [1.54, 1.807) is 0 Å². The van der Waals surface area contributed by atoms with E-state index in [1.165, 1.54) is 19.1 Å². The summed E-state index contributed by atoms with van der Waals surface area (Å²) in [5.74, 6) is -2.29. The van der Waals surface area contributed by atoms with Gasteiger partial charge in [-0.2, -0.15) is 13.2 Å². The van der Waals surface area contributed by atoms with Gasteiger partial charge >= 0.3 is 6.18 Å². The molecule has 0 radical (unpaired) electrons. The van der Waals surface area contributed by atoms with Gasteiger partial charge in [0.15, 0.2) is 11.6 Å². The summed E-state index contributed by atoms with van der Waals surface area (Å²) in [5, 5.41) is 9.99. The molecule has 0 bridgehead atoms. The summed E-state index contributed by atoms with van der Waals surface area (Å²) in [6, 6.07) is 6.12. The van der Waals surface area contributed by atoms with Crippen LogP contribution >= 0.6 is 0 Å². The first kappa shape index (κ1) is 15.4. The summed E-state index contributed by atoms with van der Waals surface area (Å²) in [7, 11) is 0. The molecular formula is C15H11F5O. The molecule has 0 saturated carbocycles. The molecule has 0 spiro atoms. The van der Waals surface area contributed by atoms with E-state index in [2.05, 4.69) is 0 Å². The fraction of sp³-hybridized carbons (Fsp3) is 0.200. The summed E-state index contributed by atoms with van der Waals surface area (Å²) in [6.07, 6.45) is -6.03. The largest absolute Gasteiger partial charge is 0.416 e. The van der Waals surface area contributed by atoms with Gasteiger partial charge in [-0.25, -0.2) is 8.78 Å². The molecule has 0 aromatic heterocycles. The Balaban J connectivity index is 2.37. The van der Waals surface area contributed by atoms with Crippen LogP contribution in [0.4, 0.5) is 22.0 Å². The normalized spacial score (nSPS) is 13.3. The summed E-state index contributed by atoms with van der Waals surface area (Å²) in [6.45, 7) is 1.37. The van der Waals surface area contributed by atoms with E-state index in [1.807, 2.05) is 0 Å². The molecular weight excluding hydrogens is 291 g/mol. The lowest BCUT2D eigenvalue weighted by molar-refractivity contribution is -0.137. The van der Waals surface area contributed by atoms with E-state index in [0.717, 1.165) is 24.3 Å². The van der Waals surface area contributed by atoms with Crippen molar-refractivity contribution >= 4 is 0 Å². The van der Waals surface area contributed by atoms with Crippen molar-refractivity contribution in [3.8, 4) is 0 Å². The smallest absolute Gasteiger partial charge is 0.384 e. The van der Waals surface area contributed by atoms with Crippen molar-refractivity contribution in [2.75, 3.05) is 0 Å². The minimum Gasteiger partial charge on any atom is -0.384 e. The second kappa shape index (κ2) is 5.44. The third kappa shape index (κ3) is 3.05. The van der Waals surface area contributed by atoms with Crippen LogP contribution in [0.1, 0.15) is 28.4 Å². The first-order valence-electron chi connectivity index (χ1n) is 6.01. The van der Waals surface area contributed by atoms with Crippen LogP contribution in [-0.4, -0.2) is 5.11 Å². The van der Waals surface area contributed by atoms with Crippen LogP contribution in [-0.2, 0) is 6.18 Å². The molecule has 0 aliphatic rings. The minimum absolute atomic E-state index is 0.0464. The van der Waals surface area contributed by atoms with Gasteiger partial charge in [-0.1, -0.05) is 24.3 Å². The summed E-state index contributed by atoms with van der Waals surface area (Å²) in [4.78, 5) is 0. The molecule has 0 fully saturated rings. The lowest BCUT2D eigenvalue weighted by Gasteiger charge is -2.14. The molecule has 6 heteroatoms. The summed E-state index contributed by atoms with van der Waals surface area (Å²) in [5.41, 5.74) is -1.08. The number of aliphatic hydroxyl groups excluding tert-OH is 1. The fourth-order valence-electron chi connectivity index (χ4n) is 1.91. The second-order valence-corrected chi connectivity index (χ2v) is 4.62. The molecule has 2 aromatic rings. The van der Waals surface area contributed by atoms with Crippen molar-refractivity contribution < 1.29 is 27.1 Å². The maximum Gasteiger partial charge on any atom is 0.416 e. The fourth-order valence-corrected chi connectivity index (χ4v) is 1.91. The van der Waals surface area contributed by atoms with Crippen molar-refractivity contribution in [2.24, 2.45) is 0 Å². The number of hydrogen-bond donors (Lipinski definition) is 1. The van der Waals surface area contributed by atoms with Crippen molar-refractivity contribution in [2.45, 2.75) is 19.2 Å². The molecule has 0 aliphatic heterocycles. The van der Waals surface area contributed by atoms with Gasteiger partial charge in [0.2, 0.25) is 0 Å². The molecule has 112 valence electrons. The van der Waals surface area contributed by atoms with Gasteiger partial charge in [-0.15, -0.1) is 0 Å². The maximum absolute atomic E-state index is 13.8. The number of aliphatic hydroxyl groups is 1. The van der Waals surface area contributed by atoms with Crippen LogP contribution in [0.5, 0.6) is 0 Å². The average molecular weight is 302 g/mol. The minimum atomic E-state index is -4.50. The number of alkyl halides is 3. The molecule has 0 amide bonds. The van der Waals surface area contributed by atoms with Crippen LogP contribution in [0.2, 0.25) is 0 Å². The van der Waals surface area contributed by atoms with Gasteiger partial charge in [-0.3, -0.25) is 0 Å². The third-order valence-electron chi connectivity index (χ3n) is 3.15. The van der Waals surface area contributed by atoms with E-state index in [4.69, 9.17) is 0 Å². The van der Waals surface area contributed by atoms with Crippen molar-refractivity contribution in [3.63, 3.8) is 0 Å². The first-order valence-corrected chi connectivity index (χ1v) is 6.01. The first-order chi connectivity index (χ1) is 9.71. The zero-order valence-corrected chi connectivity index (χ0v) is 10.9. The van der Waals surface area contributed by atoms with Crippen LogP contribution in [0.25, 0.3) is 0 Å². The van der Waals surface area contributed by atoms with E-state index in [0.29, 0.717) is 0 Å². The Bertz CT molecular complexity index is 646. The maximum atomic E-state index is 13.8. The molecule has 0 aliphatic carbocycles. The number of rotatable bonds is 2. The van der Waals surface area contributed by atoms with Crippen LogP contribution in [0.15, 0.2) is 36.4 Å². The zero-order chi connectivity index (χ0) is 15.8. The van der Waals surface area contributed by atoms with Gasteiger partial charge in [0.25, 0.3) is 0 Å². The Kier molecular flexibility index (Phi) is 4.00. The van der Waals surface area contributed by atoms with E-state index < -0.39 is 29.5 Å². The quantitative estimate of drug-likeness (QED) is 0.817. The Morgan fingerprint density at radius 1 is 0.905 bits per heavy atom. The van der Waals surface area contributed by atoms with Crippen molar-refractivity contribution in [1.29, 1.82) is 0 Å². The highest BCUT2D eigenvalue weighted by atomic mass is 19.4. The SMILES string of the molecule is Cc1ccc(C(O)c2ccc(C(F)(F)F)cc2)c(F)c1F. The highest BCUT2D eigenvalue weighted by Crippen LogP contribution is 2.32. The van der Waals surface area contributed by atoms with Crippen LogP contribution < -0.4 is 0 Å². The molecule has 1 unspecified atom stereocenters. The van der Waals surface area contributed by atoms with Crippen LogP contribution in [0.3, 0.4) is 0 Å². The second-order valence-electron chi connectivity index (χ2n) is 4.62. The number of benzene rings is 2. The van der Waals surface area contributed by atoms with Crippen molar-refractivity contribution in [3.05, 3.63) is 70.3 Å². The highest BCUT2D eigenvalue weighted by molar-refractivity contribution is 5.35. The summed E-state index contributed by atoms with van der Waals surface area (Å²) >= 11 is 0. The monoisotopic (exact) mass is 302 g/mol. The molecule has 21 heavy (non-hydrogen) atoms. The third-order valence-corrected chi connectivity index (χ3v) is 3.15. The Hall–Kier alpha value is -1.95. The molecule has 1 nitrogen and oxygen atoms in total. The predicted molar refractivity (Wildman–Crippen MR) is 66.6 cm³/mol. The molecule has 2 aromatic carbocycles. The topological polar surface area (TPSA) is 20.2 Å². The Labute approximate surface area is 117 Å². The zero-order valence-electron chi connectivity index (χ0n) is 10.9. The van der Waals surface area contributed by atoms with Gasteiger partial charge in [0.05, 0.1) is 5.56 Å². The van der Waals surface area contributed by atoms with E-state index in [-0.39, 0.29) is 16.7 Å². The number of aryl methyl sites for hydroxylation is 1. The predicted octanol–water partition coefficient (Wildman–Crippen LogP) is 4.37. The Morgan fingerprint density at radius 2 is 1.48 bits per heavy atom. The molecule has 1 N–H and O–H groups in total. The molecule has 0 heterocycles. The van der Waals surface area contributed by atoms with Gasteiger partial charge in [0.1, 0.15) is 6.10 Å². The lowest BCUT2D eigenvalue weighted by Crippen LogP contribution is -2.08. The van der Waals surface area contributed by atoms with E-state index in [9.17, 15) is 27.1 Å². The standard InChI is InChI=1S/C15H11F5O/c1-8-2-7-11(13(17)12(8)16)14(21)9-3-5-10(6-4-9)15(18,19)20/h2-7,14,21H,1H3. The molecule has 2 rings (SSSR count). The summed E-state index contributed by atoms with van der Waals surface area (Å²) < 4.78 is 64.5. The lowest BCUT2D eigenvalue weighted by atomic mass is 9.98. The average Bonchev–Trinajstić information content (AvgIpc) is 2.43. The van der Waals surface area contributed by atoms with Gasteiger partial charge in [-0.05, 0) is 30.2 Å². The highest BCUT2D eigenvalue weighted by Gasteiger charge is 2.30. The Morgan fingerprint density at radius 3 is 2.00 bits per heavy atom. The number of halogens is 5. The van der Waals surface area contributed by atoms with Crippen LogP contribution in [0, 0.1) is 18.6 Å². The number of hydrogen-bond acceptors (Lipinski definition) is 1. The van der Waals surface area contributed by atoms with E-state index >= 15 is 0 Å².